The van der Waals surface area contributed by atoms with E-state index < -0.39 is 0 Å². The van der Waals surface area contributed by atoms with Gasteiger partial charge < -0.3 is 0 Å². The first-order valence-electron chi connectivity index (χ1n) is 6.71. The Morgan fingerprint density at radius 3 is 1.36 bits per heavy atom. The first-order valence-corrected chi connectivity index (χ1v) is 6.71. The van der Waals surface area contributed by atoms with Crippen LogP contribution in [0.1, 0.15) is 66.2 Å². The van der Waals surface area contributed by atoms with Crippen LogP contribution >= 0.6 is 0 Å². The second kappa shape index (κ2) is 8.38. The van der Waals surface area contributed by atoms with Crippen molar-refractivity contribution in [2.45, 2.75) is 84.7 Å². The lowest BCUT2D eigenvalue weighted by atomic mass is 9.33. The van der Waals surface area contributed by atoms with Gasteiger partial charge >= 0.3 is 0 Å². The van der Waals surface area contributed by atoms with Gasteiger partial charge in [-0.15, -0.1) is 0 Å². The van der Waals surface area contributed by atoms with E-state index in [9.17, 15) is 0 Å². The molecule has 0 aliphatic carbocycles. The van der Waals surface area contributed by atoms with Crippen LogP contribution in [0, 0.1) is 0 Å². The summed E-state index contributed by atoms with van der Waals surface area (Å²) in [4.78, 5) is 0. The van der Waals surface area contributed by atoms with Gasteiger partial charge in [-0.2, -0.15) is 0 Å². The van der Waals surface area contributed by atoms with Gasteiger partial charge in [0.05, 0.1) is 0 Å². The largest absolute Gasteiger partial charge is 0.143 e. The molecule has 0 aliphatic heterocycles. The SMILES string of the molecule is CCCC(CC)B(C)C(CC)CCC. The molecule has 0 nitrogen and oxygen atoms in total. The lowest BCUT2D eigenvalue weighted by molar-refractivity contribution is 0.630. The van der Waals surface area contributed by atoms with E-state index in [0.29, 0.717) is 0 Å². The third kappa shape index (κ3) is 4.53. The average Bonchev–Trinajstić information content (AvgIpc) is 2.21. The highest BCUT2D eigenvalue weighted by Gasteiger charge is 2.25. The summed E-state index contributed by atoms with van der Waals surface area (Å²) in [5, 5.41) is 0. The fourth-order valence-electron chi connectivity index (χ4n) is 2.80. The molecule has 0 saturated carbocycles. The molecule has 0 radical (unpaired) electrons. The quantitative estimate of drug-likeness (QED) is 0.464. The Kier molecular flexibility index (Phi) is 8.42. The van der Waals surface area contributed by atoms with Gasteiger partial charge in [0.15, 0.2) is 0 Å². The highest BCUT2D eigenvalue weighted by atomic mass is 14.1. The predicted molar refractivity (Wildman–Crippen MR) is 69.5 cm³/mol. The zero-order valence-electron chi connectivity index (χ0n) is 11.0. The third-order valence-corrected chi connectivity index (χ3v) is 3.85. The molecule has 2 unspecified atom stereocenters. The Morgan fingerprint density at radius 1 is 0.786 bits per heavy atom. The van der Waals surface area contributed by atoms with Crippen LogP contribution in [-0.4, -0.2) is 6.71 Å². The highest BCUT2D eigenvalue weighted by molar-refractivity contribution is 6.60. The van der Waals surface area contributed by atoms with Gasteiger partial charge in [0, 0.05) is 0 Å². The predicted octanol–water partition coefficient (Wildman–Crippen LogP) is 5.27. The van der Waals surface area contributed by atoms with Crippen LogP contribution in [0.25, 0.3) is 0 Å². The van der Waals surface area contributed by atoms with Gasteiger partial charge in [-0.1, -0.05) is 84.7 Å². The van der Waals surface area contributed by atoms with E-state index in [-0.39, 0.29) is 0 Å². The molecule has 14 heavy (non-hydrogen) atoms. The summed E-state index contributed by atoms with van der Waals surface area (Å²) in [6.07, 6.45) is 8.30. The van der Waals surface area contributed by atoms with Gasteiger partial charge in [0.25, 0.3) is 0 Å². The highest BCUT2D eigenvalue weighted by Crippen LogP contribution is 2.33. The molecule has 1 heteroatoms. The maximum Gasteiger partial charge on any atom is 0.143 e. The average molecular weight is 196 g/mol. The van der Waals surface area contributed by atoms with Gasteiger partial charge in [0.1, 0.15) is 6.71 Å². The van der Waals surface area contributed by atoms with E-state index >= 15 is 0 Å². The second-order valence-corrected chi connectivity index (χ2v) is 4.77. The van der Waals surface area contributed by atoms with Crippen LogP contribution in [0.5, 0.6) is 0 Å². The first-order chi connectivity index (χ1) is 6.71. The summed E-state index contributed by atoms with van der Waals surface area (Å²) in [5.74, 6) is 1.94. The van der Waals surface area contributed by atoms with Crippen molar-refractivity contribution in [2.24, 2.45) is 0 Å². The van der Waals surface area contributed by atoms with E-state index in [1.165, 1.54) is 38.5 Å². The molecule has 0 rings (SSSR count). The molecule has 0 spiro atoms. The third-order valence-electron chi connectivity index (χ3n) is 3.85. The van der Waals surface area contributed by atoms with E-state index in [0.717, 1.165) is 18.3 Å². The van der Waals surface area contributed by atoms with Gasteiger partial charge in [0.2, 0.25) is 0 Å². The molecule has 0 N–H and O–H groups in total. The summed E-state index contributed by atoms with van der Waals surface area (Å²) >= 11 is 0. The molecule has 0 aromatic rings. The Bertz CT molecular complexity index is 108. The summed E-state index contributed by atoms with van der Waals surface area (Å²) in [6.45, 7) is 12.8. The van der Waals surface area contributed by atoms with Crippen LogP contribution < -0.4 is 0 Å². The Hall–Kier alpha value is 0.0649. The van der Waals surface area contributed by atoms with Crippen molar-refractivity contribution in [1.82, 2.24) is 0 Å². The van der Waals surface area contributed by atoms with Gasteiger partial charge in [-0.3, -0.25) is 0 Å². The van der Waals surface area contributed by atoms with Crippen molar-refractivity contribution in [3.05, 3.63) is 0 Å². The topological polar surface area (TPSA) is 0 Å². The van der Waals surface area contributed by atoms with Crippen LogP contribution in [0.2, 0.25) is 18.5 Å². The van der Waals surface area contributed by atoms with Crippen molar-refractivity contribution in [3.8, 4) is 0 Å². The molecule has 84 valence electrons. The summed E-state index contributed by atoms with van der Waals surface area (Å²) in [5.41, 5.74) is 0. The minimum absolute atomic E-state index is 0.935. The Morgan fingerprint density at radius 2 is 1.14 bits per heavy atom. The fraction of sp³-hybridized carbons (Fsp3) is 1.00. The second-order valence-electron chi connectivity index (χ2n) is 4.77. The Labute approximate surface area is 91.9 Å². The molecule has 0 saturated heterocycles. The van der Waals surface area contributed by atoms with E-state index in [1.807, 2.05) is 0 Å². The van der Waals surface area contributed by atoms with Crippen molar-refractivity contribution in [1.29, 1.82) is 0 Å². The minimum Gasteiger partial charge on any atom is -0.0856 e. The molecule has 2 atom stereocenters. The van der Waals surface area contributed by atoms with Crippen molar-refractivity contribution >= 4 is 6.71 Å². The molecule has 0 aliphatic rings. The summed E-state index contributed by atoms with van der Waals surface area (Å²) in [6, 6.07) is 0. The molecule has 0 aromatic heterocycles. The summed E-state index contributed by atoms with van der Waals surface area (Å²) in [7, 11) is 0. The maximum absolute atomic E-state index is 2.48. The molecular weight excluding hydrogens is 167 g/mol. The molecule has 0 aromatic carbocycles. The van der Waals surface area contributed by atoms with Gasteiger partial charge in [-0.25, -0.2) is 0 Å². The number of hydrogen-bond donors (Lipinski definition) is 0. The normalized spacial score (nSPS) is 15.2. The molecule has 0 bridgehead atoms. The van der Waals surface area contributed by atoms with Gasteiger partial charge in [-0.05, 0) is 0 Å². The fourth-order valence-corrected chi connectivity index (χ4v) is 2.80. The molecular formula is C13H29B. The van der Waals surface area contributed by atoms with Crippen LogP contribution in [0.3, 0.4) is 0 Å². The monoisotopic (exact) mass is 196 g/mol. The first kappa shape index (κ1) is 14.1. The minimum atomic E-state index is 0.935. The van der Waals surface area contributed by atoms with Crippen molar-refractivity contribution < 1.29 is 0 Å². The zero-order valence-corrected chi connectivity index (χ0v) is 11.0. The van der Waals surface area contributed by atoms with Crippen molar-refractivity contribution in [2.75, 3.05) is 0 Å². The smallest absolute Gasteiger partial charge is 0.0856 e. The zero-order chi connectivity index (χ0) is 11.0. The number of rotatable bonds is 8. The molecule has 0 amide bonds. The standard InChI is InChI=1S/C13H29B/c1-6-10-12(8-3)14(5)13(9-4)11-7-2/h12-13H,6-11H2,1-5H3. The molecule has 0 heterocycles. The van der Waals surface area contributed by atoms with E-state index in [2.05, 4.69) is 34.5 Å². The van der Waals surface area contributed by atoms with Crippen LogP contribution in [0.4, 0.5) is 0 Å². The number of hydrogen-bond acceptors (Lipinski definition) is 0. The van der Waals surface area contributed by atoms with Crippen molar-refractivity contribution in [3.63, 3.8) is 0 Å². The summed E-state index contributed by atoms with van der Waals surface area (Å²) < 4.78 is 0. The van der Waals surface area contributed by atoms with E-state index in [4.69, 9.17) is 0 Å². The van der Waals surface area contributed by atoms with Crippen LogP contribution in [-0.2, 0) is 0 Å². The molecule has 0 fully saturated rings. The lowest BCUT2D eigenvalue weighted by Crippen LogP contribution is -2.23. The lowest BCUT2D eigenvalue weighted by Gasteiger charge is -2.27. The maximum atomic E-state index is 2.48. The van der Waals surface area contributed by atoms with E-state index in [1.54, 1.807) is 0 Å². The Balaban J connectivity index is 4.13. The van der Waals surface area contributed by atoms with Crippen LogP contribution in [0.15, 0.2) is 0 Å².